The Labute approximate surface area is 148 Å². The molecule has 3 rings (SSSR count). The van der Waals surface area contributed by atoms with Crippen LogP contribution in [0, 0.1) is 0 Å². The van der Waals surface area contributed by atoms with Gasteiger partial charge in [-0.3, -0.25) is 4.79 Å². The Balaban J connectivity index is 1.56. The highest BCUT2D eigenvalue weighted by atomic mass is 32.1. The number of methoxy groups -OCH3 is 2. The fourth-order valence-electron chi connectivity index (χ4n) is 2.17. The topological polar surface area (TPSA) is 83.7 Å². The maximum Gasteiger partial charge on any atom is 0.310 e. The highest BCUT2D eigenvalue weighted by Gasteiger charge is 2.13. The fraction of sp³-hybridized carbons (Fsp3) is 0.235. The van der Waals surface area contributed by atoms with Gasteiger partial charge in [0, 0.05) is 10.9 Å². The molecule has 8 heteroatoms. The maximum absolute atomic E-state index is 12.0. The summed E-state index contributed by atoms with van der Waals surface area (Å²) in [5.41, 5.74) is 1.63. The van der Waals surface area contributed by atoms with Gasteiger partial charge in [-0.15, -0.1) is 0 Å². The summed E-state index contributed by atoms with van der Waals surface area (Å²) in [5.74, 6) is 1.49. The van der Waals surface area contributed by atoms with E-state index in [4.69, 9.17) is 18.7 Å². The minimum atomic E-state index is -0.400. The number of benzene rings is 1. The van der Waals surface area contributed by atoms with Crippen LogP contribution < -0.4 is 9.47 Å². The summed E-state index contributed by atoms with van der Waals surface area (Å²) in [7, 11) is 3.10. The molecule has 0 saturated carbocycles. The summed E-state index contributed by atoms with van der Waals surface area (Å²) in [4.78, 5) is 16.2. The van der Waals surface area contributed by atoms with Crippen molar-refractivity contribution in [3.63, 3.8) is 0 Å². The number of ether oxygens (including phenoxy) is 3. The lowest BCUT2D eigenvalue weighted by Gasteiger charge is -2.09. The van der Waals surface area contributed by atoms with Crippen LogP contribution in [0.15, 0.2) is 39.5 Å². The summed E-state index contributed by atoms with van der Waals surface area (Å²) in [6, 6.07) is 7.15. The molecule has 0 aliphatic rings. The Morgan fingerprint density at radius 1 is 1.20 bits per heavy atom. The standard InChI is InChI=1S/C17H16N2O5S/c1-21-13-4-3-11(7-14(13)22-2)8-16(20)23-9-15-18-17(19-24-15)12-5-6-25-10-12/h3-7,10H,8-9H2,1-2H3. The highest BCUT2D eigenvalue weighted by molar-refractivity contribution is 7.08. The zero-order valence-corrected chi connectivity index (χ0v) is 14.5. The fourth-order valence-corrected chi connectivity index (χ4v) is 2.81. The summed E-state index contributed by atoms with van der Waals surface area (Å²) < 4.78 is 20.7. The zero-order valence-electron chi connectivity index (χ0n) is 13.7. The van der Waals surface area contributed by atoms with E-state index in [2.05, 4.69) is 10.1 Å². The number of rotatable bonds is 7. The first-order valence-electron chi connectivity index (χ1n) is 7.41. The average molecular weight is 360 g/mol. The van der Waals surface area contributed by atoms with Crippen molar-refractivity contribution in [2.45, 2.75) is 13.0 Å². The second-order valence-corrected chi connectivity index (χ2v) is 5.83. The van der Waals surface area contributed by atoms with Crippen molar-refractivity contribution in [2.75, 3.05) is 14.2 Å². The van der Waals surface area contributed by atoms with Gasteiger partial charge in [0.2, 0.25) is 5.82 Å². The molecular formula is C17H16N2O5S. The van der Waals surface area contributed by atoms with E-state index < -0.39 is 5.97 Å². The van der Waals surface area contributed by atoms with Gasteiger partial charge in [-0.05, 0) is 29.1 Å². The van der Waals surface area contributed by atoms with Gasteiger partial charge in [-0.2, -0.15) is 16.3 Å². The summed E-state index contributed by atoms with van der Waals surface area (Å²) >= 11 is 1.54. The van der Waals surface area contributed by atoms with Crippen LogP contribution in [0.2, 0.25) is 0 Å². The van der Waals surface area contributed by atoms with E-state index >= 15 is 0 Å². The van der Waals surface area contributed by atoms with Crippen molar-refractivity contribution in [3.8, 4) is 22.9 Å². The van der Waals surface area contributed by atoms with Gasteiger partial charge in [0.05, 0.1) is 20.6 Å². The molecular weight excluding hydrogens is 344 g/mol. The van der Waals surface area contributed by atoms with E-state index in [1.807, 2.05) is 16.8 Å². The van der Waals surface area contributed by atoms with Crippen LogP contribution in [0.3, 0.4) is 0 Å². The van der Waals surface area contributed by atoms with E-state index in [1.165, 1.54) is 0 Å². The molecule has 0 spiro atoms. The third-order valence-electron chi connectivity index (χ3n) is 3.40. The molecule has 0 N–H and O–H groups in total. The predicted octanol–water partition coefficient (Wildman–Crippen LogP) is 3.10. The Hall–Kier alpha value is -2.87. The van der Waals surface area contributed by atoms with Gasteiger partial charge in [-0.1, -0.05) is 11.2 Å². The number of hydrogen-bond donors (Lipinski definition) is 0. The summed E-state index contributed by atoms with van der Waals surface area (Å²) in [5, 5.41) is 7.70. The van der Waals surface area contributed by atoms with Gasteiger partial charge in [0.25, 0.3) is 5.89 Å². The molecule has 0 amide bonds. The van der Waals surface area contributed by atoms with Crippen molar-refractivity contribution in [2.24, 2.45) is 0 Å². The zero-order chi connectivity index (χ0) is 17.6. The van der Waals surface area contributed by atoms with Crippen molar-refractivity contribution in [1.82, 2.24) is 10.1 Å². The highest BCUT2D eigenvalue weighted by Crippen LogP contribution is 2.27. The average Bonchev–Trinajstić information content (AvgIpc) is 3.31. The lowest BCUT2D eigenvalue weighted by atomic mass is 10.1. The van der Waals surface area contributed by atoms with Gasteiger partial charge in [-0.25, -0.2) is 0 Å². The lowest BCUT2D eigenvalue weighted by molar-refractivity contribution is -0.144. The van der Waals surface area contributed by atoms with E-state index in [-0.39, 0.29) is 18.9 Å². The normalized spacial score (nSPS) is 10.5. The van der Waals surface area contributed by atoms with E-state index in [1.54, 1.807) is 43.8 Å². The SMILES string of the molecule is COc1ccc(CC(=O)OCc2nc(-c3ccsc3)no2)cc1OC. The quantitative estimate of drug-likeness (QED) is 0.599. The smallest absolute Gasteiger partial charge is 0.310 e. The van der Waals surface area contributed by atoms with Crippen LogP contribution >= 0.6 is 11.3 Å². The molecule has 2 heterocycles. The molecule has 0 radical (unpaired) electrons. The van der Waals surface area contributed by atoms with Crippen molar-refractivity contribution >= 4 is 17.3 Å². The minimum absolute atomic E-state index is 0.0662. The van der Waals surface area contributed by atoms with Gasteiger partial charge < -0.3 is 18.7 Å². The summed E-state index contributed by atoms with van der Waals surface area (Å²) in [6.45, 7) is -0.0662. The Bertz CT molecular complexity index is 845. The molecule has 0 atom stereocenters. The van der Waals surface area contributed by atoms with Crippen LogP contribution in [-0.2, 0) is 22.6 Å². The summed E-state index contributed by atoms with van der Waals surface area (Å²) in [6.07, 6.45) is 0.103. The second kappa shape index (κ2) is 7.80. The molecule has 0 aliphatic carbocycles. The molecule has 0 aliphatic heterocycles. The van der Waals surface area contributed by atoms with Crippen molar-refractivity contribution < 1.29 is 23.5 Å². The van der Waals surface area contributed by atoms with E-state index in [0.29, 0.717) is 17.3 Å². The number of thiophene rings is 1. The van der Waals surface area contributed by atoms with Crippen LogP contribution in [0.5, 0.6) is 11.5 Å². The molecule has 0 fully saturated rings. The Kier molecular flexibility index (Phi) is 5.30. The molecule has 7 nitrogen and oxygen atoms in total. The first kappa shape index (κ1) is 17.0. The minimum Gasteiger partial charge on any atom is -0.493 e. The van der Waals surface area contributed by atoms with Crippen molar-refractivity contribution in [3.05, 3.63) is 46.5 Å². The molecule has 25 heavy (non-hydrogen) atoms. The predicted molar refractivity (Wildman–Crippen MR) is 90.7 cm³/mol. The number of hydrogen-bond acceptors (Lipinski definition) is 8. The van der Waals surface area contributed by atoms with Crippen LogP contribution in [-0.4, -0.2) is 30.3 Å². The first-order chi connectivity index (χ1) is 12.2. The lowest BCUT2D eigenvalue weighted by Crippen LogP contribution is -2.08. The number of nitrogens with zero attached hydrogens (tertiary/aromatic N) is 2. The molecule has 2 aromatic heterocycles. The monoisotopic (exact) mass is 360 g/mol. The van der Waals surface area contributed by atoms with Crippen LogP contribution in [0.25, 0.3) is 11.4 Å². The molecule has 0 saturated heterocycles. The van der Waals surface area contributed by atoms with Gasteiger partial charge >= 0.3 is 5.97 Å². The number of esters is 1. The van der Waals surface area contributed by atoms with Crippen molar-refractivity contribution in [1.29, 1.82) is 0 Å². The largest absolute Gasteiger partial charge is 0.493 e. The third-order valence-corrected chi connectivity index (χ3v) is 4.08. The molecule has 130 valence electrons. The molecule has 0 bridgehead atoms. The third kappa shape index (κ3) is 4.16. The Morgan fingerprint density at radius 3 is 2.76 bits per heavy atom. The first-order valence-corrected chi connectivity index (χ1v) is 8.35. The molecule has 1 aromatic carbocycles. The molecule has 3 aromatic rings. The maximum atomic E-state index is 12.0. The van der Waals surface area contributed by atoms with E-state index in [0.717, 1.165) is 11.1 Å². The van der Waals surface area contributed by atoms with E-state index in [9.17, 15) is 4.79 Å². The second-order valence-electron chi connectivity index (χ2n) is 5.05. The van der Waals surface area contributed by atoms with Crippen LogP contribution in [0.1, 0.15) is 11.5 Å². The number of aromatic nitrogens is 2. The number of carbonyl (C=O) groups excluding carboxylic acids is 1. The number of carbonyl (C=O) groups is 1. The Morgan fingerprint density at radius 2 is 2.04 bits per heavy atom. The van der Waals surface area contributed by atoms with Crippen LogP contribution in [0.4, 0.5) is 0 Å². The van der Waals surface area contributed by atoms with Gasteiger partial charge in [0.15, 0.2) is 18.1 Å². The molecule has 0 unspecified atom stereocenters. The van der Waals surface area contributed by atoms with Gasteiger partial charge in [0.1, 0.15) is 0 Å².